The third kappa shape index (κ3) is 3.32. The van der Waals surface area contributed by atoms with Gasteiger partial charge in [0.15, 0.2) is 0 Å². The Hall–Kier alpha value is -1.96. The highest BCUT2D eigenvalue weighted by atomic mass is 16.4. The largest absolute Gasteiger partial charge is 0.480 e. The number of anilines is 1. The van der Waals surface area contributed by atoms with Crippen molar-refractivity contribution in [3.63, 3.8) is 0 Å². The molecule has 2 saturated carbocycles. The maximum atomic E-state index is 11.9. The van der Waals surface area contributed by atoms with Crippen molar-refractivity contribution >= 4 is 17.9 Å². The molecule has 2 aliphatic rings. The number of aliphatic carboxylic acids is 1. The summed E-state index contributed by atoms with van der Waals surface area (Å²) in [6, 6.07) is 0.282. The highest BCUT2D eigenvalue weighted by Gasteiger charge is 2.32. The lowest BCUT2D eigenvalue weighted by molar-refractivity contribution is -0.138. The molecule has 0 spiro atoms. The Morgan fingerprint density at radius 1 is 1.25 bits per heavy atom. The van der Waals surface area contributed by atoms with Crippen LogP contribution < -0.4 is 5.32 Å². The Morgan fingerprint density at radius 3 is 2.60 bits per heavy atom. The van der Waals surface area contributed by atoms with Crippen molar-refractivity contribution in [3.8, 4) is 0 Å². The molecular weight excluding hydrogens is 264 g/mol. The number of hydrogen-bond acceptors (Lipinski definition) is 6. The van der Waals surface area contributed by atoms with Crippen molar-refractivity contribution < 1.29 is 19.1 Å². The second-order valence-electron chi connectivity index (χ2n) is 5.30. The van der Waals surface area contributed by atoms with Gasteiger partial charge in [-0.3, -0.25) is 19.8 Å². The van der Waals surface area contributed by atoms with Crippen molar-refractivity contribution in [1.29, 1.82) is 0 Å². The van der Waals surface area contributed by atoms with E-state index in [-0.39, 0.29) is 31.1 Å². The van der Waals surface area contributed by atoms with Crippen LogP contribution in [-0.2, 0) is 9.59 Å². The summed E-state index contributed by atoms with van der Waals surface area (Å²) in [6.07, 6.45) is 3.97. The summed E-state index contributed by atoms with van der Waals surface area (Å²) < 4.78 is 5.33. The zero-order valence-corrected chi connectivity index (χ0v) is 10.9. The van der Waals surface area contributed by atoms with Crippen LogP contribution in [0.5, 0.6) is 0 Å². The molecule has 108 valence electrons. The van der Waals surface area contributed by atoms with Gasteiger partial charge in [-0.05, 0) is 25.7 Å². The number of rotatable bonds is 7. The molecule has 20 heavy (non-hydrogen) atoms. The minimum absolute atomic E-state index is 0.0259. The molecule has 0 saturated heterocycles. The smallest absolute Gasteiger partial charge is 0.322 e. The number of amides is 1. The molecule has 0 unspecified atom stereocenters. The second kappa shape index (κ2) is 5.20. The fourth-order valence-electron chi connectivity index (χ4n) is 2.05. The molecule has 0 atom stereocenters. The Morgan fingerprint density at radius 2 is 2.00 bits per heavy atom. The molecule has 8 nitrogen and oxygen atoms in total. The summed E-state index contributed by atoms with van der Waals surface area (Å²) in [6.45, 7) is -0.104. The Bertz CT molecular complexity index is 521. The molecule has 2 aliphatic carbocycles. The van der Waals surface area contributed by atoms with Gasteiger partial charge in [0.2, 0.25) is 11.8 Å². The van der Waals surface area contributed by atoms with Crippen LogP contribution in [0.1, 0.15) is 37.5 Å². The lowest BCUT2D eigenvalue weighted by Crippen LogP contribution is -2.38. The molecule has 1 aromatic heterocycles. The number of aromatic nitrogens is 2. The van der Waals surface area contributed by atoms with Crippen LogP contribution in [0.15, 0.2) is 4.42 Å². The summed E-state index contributed by atoms with van der Waals surface area (Å²) in [5, 5.41) is 19.0. The molecule has 8 heteroatoms. The molecule has 3 rings (SSSR count). The quantitative estimate of drug-likeness (QED) is 0.745. The first kappa shape index (κ1) is 13.0. The van der Waals surface area contributed by atoms with Crippen LogP contribution in [0.4, 0.5) is 6.01 Å². The van der Waals surface area contributed by atoms with Gasteiger partial charge in [0.05, 0.1) is 13.1 Å². The van der Waals surface area contributed by atoms with Gasteiger partial charge in [-0.25, -0.2) is 0 Å². The Kier molecular flexibility index (Phi) is 3.39. The molecule has 1 amide bonds. The Balaban J connectivity index is 1.53. The van der Waals surface area contributed by atoms with E-state index in [0.29, 0.717) is 11.8 Å². The van der Waals surface area contributed by atoms with E-state index in [0.717, 1.165) is 25.7 Å². The summed E-state index contributed by atoms with van der Waals surface area (Å²) >= 11 is 0. The molecule has 0 aromatic carbocycles. The van der Waals surface area contributed by atoms with Gasteiger partial charge in [0.25, 0.3) is 0 Å². The van der Waals surface area contributed by atoms with E-state index in [1.165, 1.54) is 0 Å². The van der Waals surface area contributed by atoms with E-state index in [4.69, 9.17) is 9.52 Å². The van der Waals surface area contributed by atoms with Crippen molar-refractivity contribution in [2.75, 3.05) is 18.4 Å². The second-order valence-corrected chi connectivity index (χ2v) is 5.30. The maximum Gasteiger partial charge on any atom is 0.322 e. The van der Waals surface area contributed by atoms with Gasteiger partial charge in [-0.1, -0.05) is 5.10 Å². The molecule has 0 bridgehead atoms. The third-order valence-electron chi connectivity index (χ3n) is 3.36. The lowest BCUT2D eigenvalue weighted by atomic mass is 10.4. The van der Waals surface area contributed by atoms with E-state index in [2.05, 4.69) is 15.5 Å². The predicted molar refractivity (Wildman–Crippen MR) is 67.1 cm³/mol. The van der Waals surface area contributed by atoms with Crippen molar-refractivity contribution in [3.05, 3.63) is 5.89 Å². The zero-order chi connectivity index (χ0) is 14.1. The molecule has 0 aliphatic heterocycles. The number of carboxylic acids is 1. The number of carboxylic acid groups (broad SMARTS) is 1. The number of carbonyl (C=O) groups excluding carboxylic acids is 1. The molecule has 0 radical (unpaired) electrons. The van der Waals surface area contributed by atoms with Gasteiger partial charge in [0, 0.05) is 12.0 Å². The van der Waals surface area contributed by atoms with Gasteiger partial charge in [-0.15, -0.1) is 5.10 Å². The monoisotopic (exact) mass is 280 g/mol. The average molecular weight is 280 g/mol. The summed E-state index contributed by atoms with van der Waals surface area (Å²) in [4.78, 5) is 24.3. The summed E-state index contributed by atoms with van der Waals surface area (Å²) in [7, 11) is 0. The van der Waals surface area contributed by atoms with Crippen LogP contribution in [0.3, 0.4) is 0 Å². The minimum atomic E-state index is -0.932. The lowest BCUT2D eigenvalue weighted by Gasteiger charge is -2.18. The van der Waals surface area contributed by atoms with Gasteiger partial charge < -0.3 is 9.52 Å². The highest BCUT2D eigenvalue weighted by molar-refractivity contribution is 5.90. The van der Waals surface area contributed by atoms with Crippen LogP contribution in [0, 0.1) is 0 Å². The van der Waals surface area contributed by atoms with Crippen molar-refractivity contribution in [2.24, 2.45) is 0 Å². The molecule has 1 aromatic rings. The highest BCUT2D eigenvalue weighted by Crippen LogP contribution is 2.39. The van der Waals surface area contributed by atoms with E-state index < -0.39 is 5.97 Å². The standard InChI is InChI=1S/C12H16N4O4/c17-9(5-16(6-10(18)19)8-3-4-8)13-12-15-14-11(20-12)7-1-2-7/h7-8H,1-6H2,(H,18,19)(H,13,15,17). The third-order valence-corrected chi connectivity index (χ3v) is 3.36. The summed E-state index contributed by atoms with van der Waals surface area (Å²) in [5.41, 5.74) is 0. The van der Waals surface area contributed by atoms with Gasteiger partial charge in [0.1, 0.15) is 0 Å². The molecule has 1 heterocycles. The number of hydrogen-bond donors (Lipinski definition) is 2. The fourth-order valence-corrected chi connectivity index (χ4v) is 2.05. The van der Waals surface area contributed by atoms with E-state index >= 15 is 0 Å². The first-order chi connectivity index (χ1) is 9.61. The van der Waals surface area contributed by atoms with E-state index in [1.807, 2.05) is 0 Å². The van der Waals surface area contributed by atoms with Crippen molar-refractivity contribution in [1.82, 2.24) is 15.1 Å². The number of nitrogens with one attached hydrogen (secondary N) is 1. The van der Waals surface area contributed by atoms with Crippen LogP contribution in [0.2, 0.25) is 0 Å². The van der Waals surface area contributed by atoms with Crippen LogP contribution >= 0.6 is 0 Å². The molecular formula is C12H16N4O4. The SMILES string of the molecule is O=C(O)CN(CC(=O)Nc1nnc(C2CC2)o1)C1CC1. The van der Waals surface area contributed by atoms with Crippen molar-refractivity contribution in [2.45, 2.75) is 37.6 Å². The first-order valence-electron chi connectivity index (χ1n) is 6.71. The Labute approximate surface area is 115 Å². The molecule has 2 fully saturated rings. The maximum absolute atomic E-state index is 11.9. The van der Waals surface area contributed by atoms with Gasteiger partial charge >= 0.3 is 12.0 Å². The first-order valence-corrected chi connectivity index (χ1v) is 6.71. The number of carbonyl (C=O) groups is 2. The van der Waals surface area contributed by atoms with Gasteiger partial charge in [-0.2, -0.15) is 0 Å². The zero-order valence-electron chi connectivity index (χ0n) is 10.9. The summed E-state index contributed by atoms with van der Waals surface area (Å²) in [5.74, 6) is -0.365. The van der Waals surface area contributed by atoms with E-state index in [9.17, 15) is 9.59 Å². The van der Waals surface area contributed by atoms with Crippen LogP contribution in [0.25, 0.3) is 0 Å². The normalized spacial score (nSPS) is 18.2. The van der Waals surface area contributed by atoms with E-state index in [1.54, 1.807) is 4.90 Å². The minimum Gasteiger partial charge on any atom is -0.480 e. The molecule has 2 N–H and O–H groups in total. The predicted octanol–water partition coefficient (Wildman–Crippen LogP) is 0.434. The topological polar surface area (TPSA) is 109 Å². The fraction of sp³-hybridized carbons (Fsp3) is 0.667. The van der Waals surface area contributed by atoms with Crippen LogP contribution in [-0.4, -0.2) is 51.2 Å². The average Bonchev–Trinajstić information content (AvgIpc) is 3.27. The number of nitrogens with zero attached hydrogens (tertiary/aromatic N) is 3.